The van der Waals surface area contributed by atoms with E-state index in [1.54, 1.807) is 11.1 Å². The molecule has 1 aromatic carbocycles. The second-order valence-electron chi connectivity index (χ2n) is 4.15. The van der Waals surface area contributed by atoms with Gasteiger partial charge in [0.15, 0.2) is 6.10 Å². The van der Waals surface area contributed by atoms with Crippen LogP contribution in [0.2, 0.25) is 0 Å². The minimum absolute atomic E-state index is 0.276. The molecule has 1 amide bonds. The maximum atomic E-state index is 11.9. The molecular formula is C12H10IN3O3S. The van der Waals surface area contributed by atoms with Crippen LogP contribution in [0.5, 0.6) is 5.88 Å². The number of anilines is 1. The number of cyclic esters (lactones) is 1. The van der Waals surface area contributed by atoms with Gasteiger partial charge in [-0.1, -0.05) is 0 Å². The van der Waals surface area contributed by atoms with Crippen LogP contribution in [0.4, 0.5) is 10.5 Å². The molecule has 0 bridgehead atoms. The fourth-order valence-electron chi connectivity index (χ4n) is 1.84. The van der Waals surface area contributed by atoms with Crippen molar-refractivity contribution < 1.29 is 14.3 Å². The van der Waals surface area contributed by atoms with Crippen molar-refractivity contribution in [1.29, 1.82) is 0 Å². The van der Waals surface area contributed by atoms with Crippen LogP contribution in [0, 0.1) is 3.57 Å². The van der Waals surface area contributed by atoms with Crippen LogP contribution < -0.4 is 9.64 Å². The highest BCUT2D eigenvalue weighted by atomic mass is 127. The van der Waals surface area contributed by atoms with Crippen LogP contribution in [-0.2, 0) is 4.74 Å². The predicted octanol–water partition coefficient (Wildman–Crippen LogP) is 2.55. The second kappa shape index (κ2) is 5.92. The number of amides is 1. The molecular weight excluding hydrogens is 393 g/mol. The van der Waals surface area contributed by atoms with Crippen molar-refractivity contribution in [2.75, 3.05) is 18.1 Å². The van der Waals surface area contributed by atoms with Crippen LogP contribution in [0.1, 0.15) is 0 Å². The van der Waals surface area contributed by atoms with Gasteiger partial charge in [0.2, 0.25) is 5.88 Å². The Balaban J connectivity index is 1.61. The van der Waals surface area contributed by atoms with E-state index >= 15 is 0 Å². The van der Waals surface area contributed by atoms with E-state index in [-0.39, 0.29) is 18.8 Å². The molecule has 0 saturated carbocycles. The van der Waals surface area contributed by atoms with Gasteiger partial charge in [0.1, 0.15) is 12.8 Å². The van der Waals surface area contributed by atoms with E-state index in [4.69, 9.17) is 9.47 Å². The molecule has 104 valence electrons. The summed E-state index contributed by atoms with van der Waals surface area (Å²) in [6.07, 6.45) is 0.887. The van der Waals surface area contributed by atoms with Crippen molar-refractivity contribution >= 4 is 46.1 Å². The molecule has 8 heteroatoms. The predicted molar refractivity (Wildman–Crippen MR) is 82.2 cm³/mol. The number of nitrogens with zero attached hydrogens (tertiary/aromatic N) is 3. The molecule has 1 aliphatic heterocycles. The van der Waals surface area contributed by atoms with Gasteiger partial charge in [-0.15, -0.1) is 4.37 Å². The van der Waals surface area contributed by atoms with E-state index in [9.17, 15) is 4.79 Å². The van der Waals surface area contributed by atoms with Crippen LogP contribution in [0.25, 0.3) is 0 Å². The normalized spacial score (nSPS) is 18.1. The summed E-state index contributed by atoms with van der Waals surface area (Å²) in [5.41, 5.74) is 0.827. The summed E-state index contributed by atoms with van der Waals surface area (Å²) in [5.74, 6) is 0.457. The van der Waals surface area contributed by atoms with Crippen LogP contribution in [0.15, 0.2) is 30.5 Å². The molecule has 0 N–H and O–H groups in total. The van der Waals surface area contributed by atoms with Gasteiger partial charge < -0.3 is 9.47 Å². The van der Waals surface area contributed by atoms with E-state index in [1.807, 2.05) is 24.3 Å². The van der Waals surface area contributed by atoms with Crippen LogP contribution >= 0.6 is 34.3 Å². The largest absolute Gasteiger partial charge is 0.472 e. The molecule has 0 unspecified atom stereocenters. The topological polar surface area (TPSA) is 64.5 Å². The number of halogens is 1. The number of ether oxygens (including phenoxy) is 2. The molecule has 6 nitrogen and oxygen atoms in total. The lowest BCUT2D eigenvalue weighted by atomic mass is 10.3. The first-order chi connectivity index (χ1) is 9.72. The molecule has 1 saturated heterocycles. The molecule has 1 aromatic heterocycles. The van der Waals surface area contributed by atoms with E-state index < -0.39 is 0 Å². The summed E-state index contributed by atoms with van der Waals surface area (Å²) in [5, 5.41) is 0. The lowest BCUT2D eigenvalue weighted by molar-refractivity contribution is 0.103. The van der Waals surface area contributed by atoms with Crippen molar-refractivity contribution in [3.63, 3.8) is 0 Å². The number of benzene rings is 1. The molecule has 1 atom stereocenters. The zero-order valence-corrected chi connectivity index (χ0v) is 13.2. The third-order valence-electron chi connectivity index (χ3n) is 2.77. The molecule has 20 heavy (non-hydrogen) atoms. The van der Waals surface area contributed by atoms with Gasteiger partial charge in [0.25, 0.3) is 0 Å². The standard InChI is InChI=1S/C12H10IN3O3S/c13-8-1-3-9(4-2-8)16-6-10(19-12(16)17)7-18-11-5-14-20-15-11/h1-5,10H,6-7H2/t10-/m1/s1. The molecule has 1 fully saturated rings. The Kier molecular flexibility index (Phi) is 4.01. The van der Waals surface area contributed by atoms with Crippen molar-refractivity contribution in [3.8, 4) is 5.88 Å². The number of carbonyl (C=O) groups excluding carboxylic acids is 1. The summed E-state index contributed by atoms with van der Waals surface area (Å²) >= 11 is 3.30. The van der Waals surface area contributed by atoms with Crippen molar-refractivity contribution in [2.45, 2.75) is 6.10 Å². The summed E-state index contributed by atoms with van der Waals surface area (Å²) in [6.45, 7) is 0.745. The number of rotatable bonds is 4. The van der Waals surface area contributed by atoms with Crippen molar-refractivity contribution in [1.82, 2.24) is 8.75 Å². The van der Waals surface area contributed by atoms with Gasteiger partial charge in [-0.3, -0.25) is 4.90 Å². The first-order valence-corrected chi connectivity index (χ1v) is 7.67. The highest BCUT2D eigenvalue weighted by Crippen LogP contribution is 2.23. The van der Waals surface area contributed by atoms with Gasteiger partial charge >= 0.3 is 6.09 Å². The fourth-order valence-corrected chi connectivity index (χ4v) is 2.56. The Morgan fingerprint density at radius 1 is 1.45 bits per heavy atom. The first-order valence-electron chi connectivity index (χ1n) is 5.86. The quantitative estimate of drug-likeness (QED) is 0.735. The Hall–Kier alpha value is -1.42. The first kappa shape index (κ1) is 13.6. The Labute approximate surface area is 133 Å². The van der Waals surface area contributed by atoms with Gasteiger partial charge in [0, 0.05) is 9.26 Å². The monoisotopic (exact) mass is 403 g/mol. The highest BCUT2D eigenvalue weighted by molar-refractivity contribution is 14.1. The summed E-state index contributed by atoms with van der Waals surface area (Å²) in [6, 6.07) is 7.70. The maximum Gasteiger partial charge on any atom is 0.414 e. The number of carbonyl (C=O) groups is 1. The van der Waals surface area contributed by atoms with E-state index in [0.717, 1.165) is 21.0 Å². The highest BCUT2D eigenvalue weighted by Gasteiger charge is 2.32. The summed E-state index contributed by atoms with van der Waals surface area (Å²) < 4.78 is 19.6. The van der Waals surface area contributed by atoms with Gasteiger partial charge in [-0.25, -0.2) is 4.79 Å². The molecule has 0 aliphatic carbocycles. The minimum Gasteiger partial charge on any atom is -0.472 e. The second-order valence-corrected chi connectivity index (χ2v) is 5.95. The smallest absolute Gasteiger partial charge is 0.414 e. The lowest BCUT2D eigenvalue weighted by Crippen LogP contribution is -2.26. The number of hydrogen-bond donors (Lipinski definition) is 0. The zero-order valence-electron chi connectivity index (χ0n) is 10.2. The van der Waals surface area contributed by atoms with E-state index in [2.05, 4.69) is 31.3 Å². The zero-order chi connectivity index (χ0) is 13.9. The third-order valence-corrected chi connectivity index (χ3v) is 3.95. The minimum atomic E-state index is -0.351. The van der Waals surface area contributed by atoms with Crippen LogP contribution in [-0.4, -0.2) is 34.1 Å². The van der Waals surface area contributed by atoms with Crippen molar-refractivity contribution in [3.05, 3.63) is 34.0 Å². The molecule has 0 radical (unpaired) electrons. The van der Waals surface area contributed by atoms with Gasteiger partial charge in [-0.2, -0.15) is 4.37 Å². The molecule has 1 aliphatic rings. The third kappa shape index (κ3) is 3.01. The molecule has 0 spiro atoms. The fraction of sp³-hybridized carbons (Fsp3) is 0.250. The Bertz CT molecular complexity index is 591. The van der Waals surface area contributed by atoms with Crippen LogP contribution in [0.3, 0.4) is 0 Å². The average molecular weight is 403 g/mol. The number of aromatic nitrogens is 2. The van der Waals surface area contributed by atoms with Gasteiger partial charge in [0.05, 0.1) is 18.3 Å². The molecule has 3 rings (SSSR count). The SMILES string of the molecule is O=C1O[C@@H](COc2cnsn2)CN1c1ccc(I)cc1. The van der Waals surface area contributed by atoms with Crippen molar-refractivity contribution in [2.24, 2.45) is 0 Å². The molecule has 2 heterocycles. The van der Waals surface area contributed by atoms with E-state index in [1.165, 1.54) is 0 Å². The average Bonchev–Trinajstić information content (AvgIpc) is 3.07. The lowest BCUT2D eigenvalue weighted by Gasteiger charge is -2.12. The van der Waals surface area contributed by atoms with Gasteiger partial charge in [-0.05, 0) is 46.9 Å². The summed E-state index contributed by atoms with van der Waals surface area (Å²) in [4.78, 5) is 13.5. The maximum absolute atomic E-state index is 11.9. The van der Waals surface area contributed by atoms with E-state index in [0.29, 0.717) is 12.4 Å². The molecule has 2 aromatic rings. The summed E-state index contributed by atoms with van der Waals surface area (Å²) in [7, 11) is 0. The Morgan fingerprint density at radius 2 is 2.25 bits per heavy atom. The Morgan fingerprint density at radius 3 is 2.95 bits per heavy atom. The number of hydrogen-bond acceptors (Lipinski definition) is 6.